The third-order valence-electron chi connectivity index (χ3n) is 2.47. The Labute approximate surface area is 129 Å². The van der Waals surface area contributed by atoms with Gasteiger partial charge in [-0.1, -0.05) is 0 Å². The average molecular weight is 480 g/mol. The van der Waals surface area contributed by atoms with E-state index in [4.69, 9.17) is 5.73 Å². The van der Waals surface area contributed by atoms with Gasteiger partial charge in [0.2, 0.25) is 0 Å². The van der Waals surface area contributed by atoms with Crippen molar-refractivity contribution in [2.75, 3.05) is 9.48 Å². The molecule has 7 N–H and O–H groups in total. The predicted molar refractivity (Wildman–Crippen MR) is 63.3 cm³/mol. The van der Waals surface area contributed by atoms with Gasteiger partial charge in [0, 0.05) is 0 Å². The molecule has 0 radical (unpaired) electrons. The van der Waals surface area contributed by atoms with Gasteiger partial charge in [0.15, 0.2) is 0 Å². The van der Waals surface area contributed by atoms with Gasteiger partial charge in [0.05, 0.1) is 0 Å². The normalized spacial score (nSPS) is 21.6. The van der Waals surface area contributed by atoms with Crippen LogP contribution in [-0.4, -0.2) is 31.7 Å². The van der Waals surface area contributed by atoms with Crippen molar-refractivity contribution in [2.45, 2.75) is 20.2 Å². The van der Waals surface area contributed by atoms with E-state index >= 15 is 0 Å². The number of halogens is 2. The Morgan fingerprint density at radius 3 is 2.94 bits per heavy atom. The number of nitrogens with zero attached hydrogens (tertiary/aromatic N) is 1. The summed E-state index contributed by atoms with van der Waals surface area (Å²) in [4.78, 5) is 0. The Bertz CT molecular complexity index is 391. The summed E-state index contributed by atoms with van der Waals surface area (Å²) in [7, 11) is 1.84. The molecular formula is C11H22I2N4O. The second-order valence-electron chi connectivity index (χ2n) is 4.29. The molecule has 106 valence electrons. The van der Waals surface area contributed by atoms with Gasteiger partial charge in [-0.15, -0.1) is 0 Å². The Morgan fingerprint density at radius 2 is 2.39 bits per heavy atom. The summed E-state index contributed by atoms with van der Waals surface area (Å²) >= 11 is 0.0266. The van der Waals surface area contributed by atoms with Gasteiger partial charge in [-0.25, -0.2) is 0 Å². The van der Waals surface area contributed by atoms with Gasteiger partial charge in [-0.05, 0) is 0 Å². The van der Waals surface area contributed by atoms with Crippen molar-refractivity contribution < 1.29 is 56.3 Å². The zero-order chi connectivity index (χ0) is 13.7. The number of allylic oxidation sites excluding steroid dienone is 3. The molecule has 1 heterocycles. The van der Waals surface area contributed by atoms with Gasteiger partial charge in [-0.2, -0.15) is 0 Å². The second kappa shape index (κ2) is 7.65. The van der Waals surface area contributed by atoms with Crippen molar-refractivity contribution in [3.05, 3.63) is 21.0 Å². The summed E-state index contributed by atoms with van der Waals surface area (Å²) in [6, 6.07) is 0. The van der Waals surface area contributed by atoms with E-state index in [9.17, 15) is 5.11 Å². The summed E-state index contributed by atoms with van der Waals surface area (Å²) in [5, 5.41) is 12.9. The maximum absolute atomic E-state index is 9.79. The molecule has 5 nitrogen and oxygen atoms in total. The van der Waals surface area contributed by atoms with Gasteiger partial charge in [-0.3, -0.25) is 0 Å². The van der Waals surface area contributed by atoms with Crippen molar-refractivity contribution in [1.82, 2.24) is 5.32 Å². The van der Waals surface area contributed by atoms with E-state index < -0.39 is 6.35 Å². The first-order chi connectivity index (χ1) is 8.45. The number of alkyl halides is 2. The minimum atomic E-state index is -0.652. The molecule has 0 bridgehead atoms. The number of quaternary nitrogens is 1. The monoisotopic (exact) mass is 480 g/mol. The van der Waals surface area contributed by atoms with Crippen LogP contribution in [0, 0.1) is 5.92 Å². The summed E-state index contributed by atoms with van der Waals surface area (Å²) in [6.45, 7) is 4.21. The molecule has 0 fully saturated rings. The minimum absolute atomic E-state index is 0.0678. The molecule has 0 aromatic rings. The standard InChI is InChI=1S/C11H21I2N4O/c1-7(2)10-8(4-9(14)12-6-13-15)5-17(3)11(18)16-10/h4-5,7,11,18H,6,14H2,1-3,15H3/q-1/p+1. The van der Waals surface area contributed by atoms with Crippen molar-refractivity contribution in [3.63, 3.8) is 0 Å². The van der Waals surface area contributed by atoms with Gasteiger partial charge < -0.3 is 0 Å². The van der Waals surface area contributed by atoms with Gasteiger partial charge >= 0.3 is 130 Å². The molecule has 0 spiro atoms. The molecule has 0 saturated carbocycles. The summed E-state index contributed by atoms with van der Waals surface area (Å²) in [6.07, 6.45) is 3.35. The molecule has 0 aromatic carbocycles. The number of hydrogen-bond donors (Lipinski definition) is 4. The van der Waals surface area contributed by atoms with Crippen LogP contribution in [-0.2, 0) is 0 Å². The van der Waals surface area contributed by atoms with Crippen molar-refractivity contribution in [3.8, 4) is 0 Å². The summed E-state index contributed by atoms with van der Waals surface area (Å²) in [5.41, 5.74) is 8.20. The maximum atomic E-state index is 9.79. The molecule has 18 heavy (non-hydrogen) atoms. The molecule has 1 aliphatic heterocycles. The van der Waals surface area contributed by atoms with Crippen molar-refractivity contribution in [2.24, 2.45) is 11.7 Å². The molecule has 0 aromatic heterocycles. The molecule has 0 amide bonds. The molecule has 1 atom stereocenters. The van der Waals surface area contributed by atoms with E-state index in [0.29, 0.717) is 5.92 Å². The average Bonchev–Trinajstić information content (AvgIpc) is 2.30. The number of hydrogen-bond acceptors (Lipinski definition) is 3. The van der Waals surface area contributed by atoms with Crippen molar-refractivity contribution in [1.29, 1.82) is 0 Å². The summed E-state index contributed by atoms with van der Waals surface area (Å²) < 4.78 is 7.91. The van der Waals surface area contributed by atoms with E-state index in [0.717, 1.165) is 15.0 Å². The molecule has 1 aliphatic rings. The number of nitrogens with one attached hydrogen (secondary N) is 1. The molecular weight excluding hydrogens is 458 g/mol. The molecule has 0 aliphatic carbocycles. The summed E-state index contributed by atoms with van der Waals surface area (Å²) in [5.74, 6) is 0.335. The number of aliphatic hydroxyl groups excluding tert-OH is 1. The molecule has 0 saturated heterocycles. The van der Waals surface area contributed by atoms with E-state index in [1.54, 1.807) is 4.58 Å². The van der Waals surface area contributed by atoms with Crippen LogP contribution >= 0.6 is 0 Å². The third kappa shape index (κ3) is 4.67. The number of aliphatic hydroxyl groups is 1. The van der Waals surface area contributed by atoms with Gasteiger partial charge in [0.25, 0.3) is 0 Å². The van der Waals surface area contributed by atoms with Crippen LogP contribution in [0.4, 0.5) is 0 Å². The zero-order valence-corrected chi connectivity index (χ0v) is 15.3. The fraction of sp³-hybridized carbons (Fsp3) is 0.545. The van der Waals surface area contributed by atoms with Crippen LogP contribution in [0.25, 0.3) is 0 Å². The Morgan fingerprint density at radius 1 is 1.72 bits per heavy atom. The second-order valence-corrected chi connectivity index (χ2v) is 11.8. The fourth-order valence-electron chi connectivity index (χ4n) is 1.58. The van der Waals surface area contributed by atoms with E-state index in [1.807, 2.05) is 13.3 Å². The Kier molecular flexibility index (Phi) is 6.88. The first-order valence-electron chi connectivity index (χ1n) is 5.60. The molecule has 1 unspecified atom stereocenters. The first kappa shape index (κ1) is 16.2. The molecule has 1 rings (SSSR count). The number of rotatable bonds is 5. The first-order valence-corrected chi connectivity index (χ1v) is 11.3. The predicted octanol–water partition coefficient (Wildman–Crippen LogP) is -7.42. The van der Waals surface area contributed by atoms with Crippen LogP contribution in [0.5, 0.6) is 0 Å². The van der Waals surface area contributed by atoms with E-state index in [-0.39, 0.29) is 42.7 Å². The molecule has 7 heteroatoms. The van der Waals surface area contributed by atoms with Gasteiger partial charge in [0.1, 0.15) is 0 Å². The third-order valence-corrected chi connectivity index (χ3v) is 9.03. The van der Waals surface area contributed by atoms with Crippen LogP contribution in [0.2, 0.25) is 0 Å². The quantitative estimate of drug-likeness (QED) is 0.104. The number of nitrogens with two attached hydrogens (primary N) is 1. The SMILES string of the molecule is CC(C)C1=C(C=C(N)[I-]C[I-][NH3+])C=[N+](C)C(O)N1. The Balaban J connectivity index is 2.97. The van der Waals surface area contributed by atoms with Crippen molar-refractivity contribution >= 4 is 6.21 Å². The Hall–Kier alpha value is 0.130. The van der Waals surface area contributed by atoms with Crippen LogP contribution in [0.15, 0.2) is 21.0 Å². The van der Waals surface area contributed by atoms with Crippen LogP contribution in [0.1, 0.15) is 13.8 Å². The van der Waals surface area contributed by atoms with E-state index in [1.165, 1.54) is 2.43 Å². The zero-order valence-electron chi connectivity index (χ0n) is 11.0. The topological polar surface area (TPSA) is 88.9 Å². The van der Waals surface area contributed by atoms with E-state index in [2.05, 4.69) is 29.2 Å². The van der Waals surface area contributed by atoms with Crippen LogP contribution in [0.3, 0.4) is 0 Å². The van der Waals surface area contributed by atoms with Crippen LogP contribution < -0.4 is 57.7 Å². The fourth-order valence-corrected chi connectivity index (χ4v) is 6.27.